The van der Waals surface area contributed by atoms with E-state index in [0.29, 0.717) is 24.6 Å². The van der Waals surface area contributed by atoms with Gasteiger partial charge in [0.15, 0.2) is 5.96 Å². The second-order valence-electron chi connectivity index (χ2n) is 5.56. The fraction of sp³-hybridized carbons (Fsp3) is 0.263. The van der Waals surface area contributed by atoms with Crippen molar-refractivity contribution in [1.29, 1.82) is 0 Å². The highest BCUT2D eigenvalue weighted by molar-refractivity contribution is 5.93. The zero-order valence-electron chi connectivity index (χ0n) is 14.8. The normalized spacial score (nSPS) is 11.2. The van der Waals surface area contributed by atoms with E-state index in [0.717, 1.165) is 23.8 Å². The van der Waals surface area contributed by atoms with Crippen LogP contribution in [0.4, 0.5) is 8.78 Å². The third-order valence-corrected chi connectivity index (χ3v) is 3.66. The molecule has 0 unspecified atom stereocenters. The van der Waals surface area contributed by atoms with Crippen molar-refractivity contribution in [2.45, 2.75) is 20.0 Å². The van der Waals surface area contributed by atoms with Crippen molar-refractivity contribution in [2.75, 3.05) is 13.6 Å². The number of rotatable bonds is 6. The molecule has 0 fully saturated rings. The minimum absolute atomic E-state index is 0.116. The fourth-order valence-electron chi connectivity index (χ4n) is 2.28. The van der Waals surface area contributed by atoms with Crippen molar-refractivity contribution in [2.24, 2.45) is 4.99 Å². The number of benzene rings is 2. The first-order valence-corrected chi connectivity index (χ1v) is 8.30. The van der Waals surface area contributed by atoms with Gasteiger partial charge in [0.2, 0.25) is 0 Å². The van der Waals surface area contributed by atoms with Crippen LogP contribution >= 0.6 is 0 Å². The monoisotopic (exact) mass is 360 g/mol. The number of aliphatic imine (C=N–C) groups is 1. The van der Waals surface area contributed by atoms with Crippen molar-refractivity contribution in [3.8, 4) is 0 Å². The highest BCUT2D eigenvalue weighted by Crippen LogP contribution is 2.09. The van der Waals surface area contributed by atoms with Gasteiger partial charge >= 0.3 is 0 Å². The van der Waals surface area contributed by atoms with E-state index in [1.807, 2.05) is 19.1 Å². The third kappa shape index (κ3) is 5.54. The van der Waals surface area contributed by atoms with E-state index in [1.165, 1.54) is 0 Å². The molecule has 2 aromatic carbocycles. The molecular formula is C19H22F2N4O. The van der Waals surface area contributed by atoms with Crippen LogP contribution in [0.1, 0.15) is 28.4 Å². The van der Waals surface area contributed by atoms with E-state index in [1.54, 1.807) is 19.2 Å². The van der Waals surface area contributed by atoms with Crippen LogP contribution in [-0.4, -0.2) is 25.5 Å². The summed E-state index contributed by atoms with van der Waals surface area (Å²) in [5.41, 5.74) is 1.73. The molecular weight excluding hydrogens is 338 g/mol. The molecule has 1 amide bonds. The lowest BCUT2D eigenvalue weighted by Gasteiger charge is -2.12. The average Bonchev–Trinajstić information content (AvgIpc) is 2.66. The standard InChI is InChI=1S/C19H22F2N4O/c1-3-23-19(25-12-15-10-16(20)8-9-17(15)21)24-11-13-4-6-14(7-5-13)18(26)22-2/h4-10H,3,11-12H2,1-2H3,(H,22,26)(H2,23,24,25). The number of carbonyl (C=O) groups is 1. The Balaban J connectivity index is 2.01. The first kappa shape index (κ1) is 19.4. The molecule has 3 N–H and O–H groups in total. The topological polar surface area (TPSA) is 65.5 Å². The maximum atomic E-state index is 13.7. The van der Waals surface area contributed by atoms with Gasteiger partial charge in [-0.05, 0) is 42.8 Å². The number of halogens is 2. The molecule has 0 aliphatic rings. The first-order valence-electron chi connectivity index (χ1n) is 8.30. The molecule has 26 heavy (non-hydrogen) atoms. The molecule has 0 aliphatic heterocycles. The molecule has 0 aliphatic carbocycles. The van der Waals surface area contributed by atoms with E-state index in [9.17, 15) is 13.6 Å². The zero-order chi connectivity index (χ0) is 18.9. The number of amides is 1. The highest BCUT2D eigenvalue weighted by Gasteiger charge is 2.06. The maximum Gasteiger partial charge on any atom is 0.251 e. The number of carbonyl (C=O) groups excluding carboxylic acids is 1. The molecule has 0 atom stereocenters. The summed E-state index contributed by atoms with van der Waals surface area (Å²) in [6, 6.07) is 10.4. The van der Waals surface area contributed by atoms with Crippen LogP contribution < -0.4 is 16.0 Å². The fourth-order valence-corrected chi connectivity index (χ4v) is 2.28. The van der Waals surface area contributed by atoms with Crippen molar-refractivity contribution < 1.29 is 13.6 Å². The van der Waals surface area contributed by atoms with Gasteiger partial charge in [-0.1, -0.05) is 12.1 Å². The lowest BCUT2D eigenvalue weighted by atomic mass is 10.1. The molecule has 0 heterocycles. The number of hydrogen-bond acceptors (Lipinski definition) is 2. The first-order chi connectivity index (χ1) is 12.5. The molecule has 0 radical (unpaired) electrons. The van der Waals surface area contributed by atoms with Gasteiger partial charge in [0.1, 0.15) is 11.6 Å². The largest absolute Gasteiger partial charge is 0.357 e. The van der Waals surface area contributed by atoms with Gasteiger partial charge in [0.25, 0.3) is 5.91 Å². The van der Waals surface area contributed by atoms with E-state index >= 15 is 0 Å². The van der Waals surface area contributed by atoms with Crippen LogP contribution in [-0.2, 0) is 13.1 Å². The minimum atomic E-state index is -0.485. The summed E-state index contributed by atoms with van der Waals surface area (Å²) < 4.78 is 26.9. The van der Waals surface area contributed by atoms with Gasteiger partial charge in [0.05, 0.1) is 6.54 Å². The molecule has 138 valence electrons. The Bertz CT molecular complexity index is 776. The second kappa shape index (κ2) is 9.50. The highest BCUT2D eigenvalue weighted by atomic mass is 19.1. The molecule has 0 saturated heterocycles. The van der Waals surface area contributed by atoms with E-state index in [4.69, 9.17) is 0 Å². The van der Waals surface area contributed by atoms with Gasteiger partial charge in [0, 0.05) is 31.3 Å². The Labute approximate surface area is 151 Å². The van der Waals surface area contributed by atoms with E-state index < -0.39 is 11.6 Å². The van der Waals surface area contributed by atoms with Crippen LogP contribution in [0.2, 0.25) is 0 Å². The SMILES string of the molecule is CCNC(=NCc1ccc(C(=O)NC)cc1)NCc1cc(F)ccc1F. The van der Waals surface area contributed by atoms with E-state index in [2.05, 4.69) is 20.9 Å². The van der Waals surface area contributed by atoms with Crippen molar-refractivity contribution in [3.05, 3.63) is 70.8 Å². The van der Waals surface area contributed by atoms with Crippen LogP contribution in [0.15, 0.2) is 47.5 Å². The van der Waals surface area contributed by atoms with Crippen molar-refractivity contribution in [3.63, 3.8) is 0 Å². The number of guanidine groups is 1. The zero-order valence-corrected chi connectivity index (χ0v) is 14.8. The van der Waals surface area contributed by atoms with Gasteiger partial charge in [-0.3, -0.25) is 4.79 Å². The third-order valence-electron chi connectivity index (χ3n) is 3.66. The minimum Gasteiger partial charge on any atom is -0.357 e. The molecule has 0 spiro atoms. The molecule has 0 aromatic heterocycles. The molecule has 0 saturated carbocycles. The van der Waals surface area contributed by atoms with Crippen molar-refractivity contribution in [1.82, 2.24) is 16.0 Å². The van der Waals surface area contributed by atoms with Gasteiger partial charge in [-0.15, -0.1) is 0 Å². The Morgan fingerprint density at radius 2 is 1.81 bits per heavy atom. The van der Waals surface area contributed by atoms with E-state index in [-0.39, 0.29) is 18.0 Å². The maximum absolute atomic E-state index is 13.7. The summed E-state index contributed by atoms with van der Waals surface area (Å²) in [6.07, 6.45) is 0. The summed E-state index contributed by atoms with van der Waals surface area (Å²) in [4.78, 5) is 16.0. The molecule has 0 bridgehead atoms. The number of hydrogen-bond donors (Lipinski definition) is 3. The van der Waals surface area contributed by atoms with Crippen LogP contribution in [0.25, 0.3) is 0 Å². The summed E-state index contributed by atoms with van der Waals surface area (Å²) in [7, 11) is 1.58. The van der Waals surface area contributed by atoms with Gasteiger partial charge < -0.3 is 16.0 Å². The summed E-state index contributed by atoms with van der Waals surface area (Å²) in [5.74, 6) is -0.611. The Hall–Kier alpha value is -2.96. The molecule has 7 heteroatoms. The molecule has 5 nitrogen and oxygen atoms in total. The molecule has 2 aromatic rings. The Kier molecular flexibility index (Phi) is 7.08. The lowest BCUT2D eigenvalue weighted by molar-refractivity contribution is 0.0963. The average molecular weight is 360 g/mol. The quantitative estimate of drug-likeness (QED) is 0.548. The summed E-state index contributed by atoms with van der Waals surface area (Å²) >= 11 is 0. The summed E-state index contributed by atoms with van der Waals surface area (Å²) in [6.45, 7) is 3.05. The summed E-state index contributed by atoms with van der Waals surface area (Å²) in [5, 5.41) is 8.60. The van der Waals surface area contributed by atoms with Gasteiger partial charge in [-0.2, -0.15) is 0 Å². The van der Waals surface area contributed by atoms with Gasteiger partial charge in [-0.25, -0.2) is 13.8 Å². The predicted octanol–water partition coefficient (Wildman–Crippen LogP) is 2.58. The van der Waals surface area contributed by atoms with Crippen LogP contribution in [0, 0.1) is 11.6 Å². The Morgan fingerprint density at radius 3 is 2.46 bits per heavy atom. The second-order valence-corrected chi connectivity index (χ2v) is 5.56. The number of nitrogens with one attached hydrogen (secondary N) is 3. The smallest absolute Gasteiger partial charge is 0.251 e. The predicted molar refractivity (Wildman–Crippen MR) is 97.8 cm³/mol. The number of nitrogens with zero attached hydrogens (tertiary/aromatic N) is 1. The lowest BCUT2D eigenvalue weighted by Crippen LogP contribution is -2.37. The van der Waals surface area contributed by atoms with Crippen LogP contribution in [0.5, 0.6) is 0 Å². The van der Waals surface area contributed by atoms with Crippen molar-refractivity contribution >= 4 is 11.9 Å². The Morgan fingerprint density at radius 1 is 1.08 bits per heavy atom. The molecule has 2 rings (SSSR count). The van der Waals surface area contributed by atoms with Crippen LogP contribution in [0.3, 0.4) is 0 Å².